The van der Waals surface area contributed by atoms with Crippen LogP contribution in [-0.2, 0) is 11.3 Å². The highest BCUT2D eigenvalue weighted by atomic mass is 35.5. The third-order valence-electron chi connectivity index (χ3n) is 1.53. The zero-order chi connectivity index (χ0) is 10.6. The molecule has 1 rings (SSSR count). The molecule has 6 heteroatoms. The first-order valence-corrected chi connectivity index (χ1v) is 4.88. The Hall–Kier alpha value is -0.550. The van der Waals surface area contributed by atoms with Crippen molar-refractivity contribution in [2.24, 2.45) is 5.84 Å². The van der Waals surface area contributed by atoms with Gasteiger partial charge in [0.05, 0.1) is 0 Å². The molecule has 76 valence electrons. The first-order valence-electron chi connectivity index (χ1n) is 3.71. The average molecular weight is 251 g/mol. The van der Waals surface area contributed by atoms with Crippen LogP contribution in [0, 0.1) is 0 Å². The van der Waals surface area contributed by atoms with E-state index >= 15 is 0 Å². The SMILES string of the molecule is NNC(=S)OCc1c(Cl)cccc1Cl. The summed E-state index contributed by atoms with van der Waals surface area (Å²) in [6.07, 6.45) is 0. The van der Waals surface area contributed by atoms with E-state index in [0.29, 0.717) is 15.6 Å². The zero-order valence-electron chi connectivity index (χ0n) is 7.09. The minimum absolute atomic E-state index is 0.0981. The van der Waals surface area contributed by atoms with E-state index in [1.807, 2.05) is 0 Å². The average Bonchev–Trinajstić information content (AvgIpc) is 2.16. The Balaban J connectivity index is 2.71. The van der Waals surface area contributed by atoms with E-state index in [4.69, 9.17) is 46.0 Å². The first-order chi connectivity index (χ1) is 6.65. The molecule has 0 spiro atoms. The van der Waals surface area contributed by atoms with E-state index in [9.17, 15) is 0 Å². The van der Waals surface area contributed by atoms with Crippen LogP contribution in [0.4, 0.5) is 0 Å². The first kappa shape index (κ1) is 11.5. The van der Waals surface area contributed by atoms with Gasteiger partial charge in [-0.15, -0.1) is 0 Å². The number of hydrazine groups is 1. The number of nitrogens with two attached hydrogens (primary N) is 1. The summed E-state index contributed by atoms with van der Waals surface area (Å²) in [5, 5.41) is 1.18. The van der Waals surface area contributed by atoms with Crippen LogP contribution in [-0.4, -0.2) is 5.17 Å². The molecule has 0 fully saturated rings. The van der Waals surface area contributed by atoms with Gasteiger partial charge in [-0.05, 0) is 24.4 Å². The Kier molecular flexibility index (Phi) is 4.41. The highest BCUT2D eigenvalue weighted by Gasteiger charge is 2.06. The summed E-state index contributed by atoms with van der Waals surface area (Å²) in [6, 6.07) is 5.21. The number of ether oxygens (including phenoxy) is 1. The minimum atomic E-state index is 0.0981. The van der Waals surface area contributed by atoms with Gasteiger partial charge >= 0.3 is 0 Å². The second-order valence-corrected chi connectivity index (χ2v) is 3.61. The Morgan fingerprint density at radius 3 is 2.50 bits per heavy atom. The number of hydrogen-bond donors (Lipinski definition) is 2. The molecule has 14 heavy (non-hydrogen) atoms. The largest absolute Gasteiger partial charge is 0.465 e. The molecule has 0 radical (unpaired) electrons. The molecule has 0 saturated heterocycles. The van der Waals surface area contributed by atoms with E-state index in [-0.39, 0.29) is 11.8 Å². The molecule has 0 saturated carbocycles. The Morgan fingerprint density at radius 2 is 2.00 bits per heavy atom. The van der Waals surface area contributed by atoms with Crippen molar-refractivity contribution >= 4 is 40.6 Å². The topological polar surface area (TPSA) is 47.3 Å². The molecular formula is C8H8Cl2N2OS. The van der Waals surface area contributed by atoms with Gasteiger partial charge in [-0.25, -0.2) is 5.84 Å². The molecule has 0 amide bonds. The molecule has 0 heterocycles. The van der Waals surface area contributed by atoms with Crippen molar-refractivity contribution in [3.8, 4) is 0 Å². The lowest BCUT2D eigenvalue weighted by Gasteiger charge is -2.08. The summed E-state index contributed by atoms with van der Waals surface area (Å²) >= 11 is 16.5. The zero-order valence-corrected chi connectivity index (χ0v) is 9.42. The van der Waals surface area contributed by atoms with Crippen LogP contribution in [0.5, 0.6) is 0 Å². The molecule has 0 unspecified atom stereocenters. The van der Waals surface area contributed by atoms with Gasteiger partial charge in [0.25, 0.3) is 5.17 Å². The van der Waals surface area contributed by atoms with Crippen LogP contribution in [0.1, 0.15) is 5.56 Å². The molecule has 0 aliphatic rings. The van der Waals surface area contributed by atoms with Crippen molar-refractivity contribution < 1.29 is 4.74 Å². The van der Waals surface area contributed by atoms with Gasteiger partial charge in [-0.2, -0.15) is 0 Å². The predicted molar refractivity (Wildman–Crippen MR) is 61.2 cm³/mol. The molecule has 0 aromatic heterocycles. The third kappa shape index (κ3) is 2.99. The fourth-order valence-electron chi connectivity index (χ4n) is 0.850. The summed E-state index contributed by atoms with van der Waals surface area (Å²) in [7, 11) is 0. The van der Waals surface area contributed by atoms with E-state index < -0.39 is 0 Å². The van der Waals surface area contributed by atoms with Crippen molar-refractivity contribution in [3.63, 3.8) is 0 Å². The van der Waals surface area contributed by atoms with Crippen LogP contribution in [0.3, 0.4) is 0 Å². The lowest BCUT2D eigenvalue weighted by Crippen LogP contribution is -2.30. The second-order valence-electron chi connectivity index (χ2n) is 2.42. The fraction of sp³-hybridized carbons (Fsp3) is 0.125. The highest BCUT2D eigenvalue weighted by molar-refractivity contribution is 7.80. The Morgan fingerprint density at radius 1 is 1.43 bits per heavy atom. The van der Waals surface area contributed by atoms with Gasteiger partial charge in [0.1, 0.15) is 6.61 Å². The maximum atomic E-state index is 5.90. The summed E-state index contributed by atoms with van der Waals surface area (Å²) < 4.78 is 5.07. The van der Waals surface area contributed by atoms with Gasteiger partial charge in [0.15, 0.2) is 0 Å². The van der Waals surface area contributed by atoms with Crippen LogP contribution in [0.25, 0.3) is 0 Å². The summed E-state index contributed by atoms with van der Waals surface area (Å²) in [6.45, 7) is 0.196. The molecule has 0 bridgehead atoms. The Bertz CT molecular complexity index is 326. The summed E-state index contributed by atoms with van der Waals surface area (Å²) in [4.78, 5) is 0. The van der Waals surface area contributed by atoms with E-state index in [2.05, 4.69) is 5.43 Å². The molecule has 0 aliphatic heterocycles. The molecule has 0 aliphatic carbocycles. The van der Waals surface area contributed by atoms with Crippen molar-refractivity contribution in [3.05, 3.63) is 33.8 Å². The van der Waals surface area contributed by atoms with Crippen LogP contribution in [0.2, 0.25) is 10.0 Å². The number of halogens is 2. The van der Waals surface area contributed by atoms with E-state index in [1.165, 1.54) is 0 Å². The molecule has 3 nitrogen and oxygen atoms in total. The molecule has 0 atom stereocenters. The van der Waals surface area contributed by atoms with Crippen molar-refractivity contribution in [2.45, 2.75) is 6.61 Å². The minimum Gasteiger partial charge on any atom is -0.465 e. The van der Waals surface area contributed by atoms with Crippen molar-refractivity contribution in [2.75, 3.05) is 0 Å². The Labute approximate surface area is 97.1 Å². The smallest absolute Gasteiger partial charge is 0.271 e. The second kappa shape index (κ2) is 5.36. The number of nitrogens with one attached hydrogen (secondary N) is 1. The van der Waals surface area contributed by atoms with Gasteiger partial charge in [-0.3, -0.25) is 5.43 Å². The summed E-state index contributed by atoms with van der Waals surface area (Å²) in [5.41, 5.74) is 2.89. The van der Waals surface area contributed by atoms with E-state index in [0.717, 1.165) is 0 Å². The van der Waals surface area contributed by atoms with Gasteiger partial charge < -0.3 is 4.74 Å². The van der Waals surface area contributed by atoms with Gasteiger partial charge in [0, 0.05) is 15.6 Å². The third-order valence-corrected chi connectivity index (χ3v) is 2.47. The lowest BCUT2D eigenvalue weighted by molar-refractivity contribution is 0.287. The van der Waals surface area contributed by atoms with Crippen LogP contribution < -0.4 is 11.3 Å². The maximum Gasteiger partial charge on any atom is 0.271 e. The number of benzene rings is 1. The van der Waals surface area contributed by atoms with Crippen molar-refractivity contribution in [1.82, 2.24) is 5.43 Å². The molecular weight excluding hydrogens is 243 g/mol. The molecule has 1 aromatic rings. The van der Waals surface area contributed by atoms with Crippen molar-refractivity contribution in [1.29, 1.82) is 0 Å². The highest BCUT2D eigenvalue weighted by Crippen LogP contribution is 2.24. The standard InChI is InChI=1S/C8H8Cl2N2OS/c9-6-2-1-3-7(10)5(6)4-13-8(14)12-11/h1-3H,4,11H2,(H,12,14). The van der Waals surface area contributed by atoms with Gasteiger partial charge in [-0.1, -0.05) is 29.3 Å². The van der Waals surface area contributed by atoms with E-state index in [1.54, 1.807) is 18.2 Å². The number of hydrogen-bond acceptors (Lipinski definition) is 3. The number of thiocarbonyl (C=S) groups is 1. The maximum absolute atomic E-state index is 5.90. The van der Waals surface area contributed by atoms with Crippen LogP contribution >= 0.6 is 35.4 Å². The predicted octanol–water partition coefficient (Wildman–Crippen LogP) is 2.26. The number of rotatable bonds is 2. The normalized spacial score (nSPS) is 9.64. The van der Waals surface area contributed by atoms with Crippen LogP contribution in [0.15, 0.2) is 18.2 Å². The quantitative estimate of drug-likeness (QED) is 0.481. The molecule has 1 aromatic carbocycles. The lowest BCUT2D eigenvalue weighted by atomic mass is 10.2. The fourth-order valence-corrected chi connectivity index (χ4v) is 1.42. The van der Waals surface area contributed by atoms with Gasteiger partial charge in [0.2, 0.25) is 0 Å². The monoisotopic (exact) mass is 250 g/mol. The molecule has 3 N–H and O–H groups in total. The summed E-state index contributed by atoms with van der Waals surface area (Å²) in [5.74, 6) is 5.03.